The van der Waals surface area contributed by atoms with Crippen LogP contribution in [0.1, 0.15) is 50.5 Å². The molecule has 0 radical (unpaired) electrons. The van der Waals surface area contributed by atoms with Crippen LogP contribution < -0.4 is 16.0 Å². The second-order valence-corrected chi connectivity index (χ2v) is 7.85. The summed E-state index contributed by atoms with van der Waals surface area (Å²) in [6, 6.07) is 7.70. The molecule has 1 aromatic heterocycles. The fourth-order valence-corrected chi connectivity index (χ4v) is 3.89. The summed E-state index contributed by atoms with van der Waals surface area (Å²) in [4.78, 5) is 28.5. The van der Waals surface area contributed by atoms with Crippen molar-refractivity contribution in [2.45, 2.75) is 69.5 Å². The van der Waals surface area contributed by atoms with Gasteiger partial charge in [0.2, 0.25) is 5.91 Å². The van der Waals surface area contributed by atoms with E-state index in [1.807, 2.05) is 30.5 Å². The van der Waals surface area contributed by atoms with Gasteiger partial charge < -0.3 is 20.9 Å². The molecular weight excluding hydrogens is 340 g/mol. The molecule has 0 unspecified atom stereocenters. The van der Waals surface area contributed by atoms with Crippen molar-refractivity contribution in [2.75, 3.05) is 0 Å². The monoisotopic (exact) mass is 368 g/mol. The minimum absolute atomic E-state index is 0.0958. The van der Waals surface area contributed by atoms with E-state index in [9.17, 15) is 9.59 Å². The molecule has 1 atom stereocenters. The third kappa shape index (κ3) is 4.62. The quantitative estimate of drug-likeness (QED) is 0.632. The zero-order valence-corrected chi connectivity index (χ0v) is 15.6. The van der Waals surface area contributed by atoms with Crippen molar-refractivity contribution in [2.24, 2.45) is 0 Å². The summed E-state index contributed by atoms with van der Waals surface area (Å²) >= 11 is 0. The van der Waals surface area contributed by atoms with Crippen LogP contribution in [-0.4, -0.2) is 35.0 Å². The van der Waals surface area contributed by atoms with Gasteiger partial charge >= 0.3 is 6.03 Å². The van der Waals surface area contributed by atoms with Gasteiger partial charge in [-0.2, -0.15) is 0 Å². The number of H-pyrrole nitrogens is 1. The molecule has 2 aliphatic rings. The minimum Gasteiger partial charge on any atom is -0.361 e. The molecule has 1 heterocycles. The van der Waals surface area contributed by atoms with Crippen LogP contribution in [0.15, 0.2) is 30.5 Å². The molecule has 2 aromatic rings. The molecule has 2 aliphatic carbocycles. The number of benzene rings is 1. The smallest absolute Gasteiger partial charge is 0.315 e. The van der Waals surface area contributed by atoms with Gasteiger partial charge in [-0.15, -0.1) is 0 Å². The Bertz CT molecular complexity index is 805. The first-order valence-electron chi connectivity index (χ1n) is 10.1. The van der Waals surface area contributed by atoms with Crippen LogP contribution >= 0.6 is 0 Å². The number of hydrogen-bond donors (Lipinski definition) is 4. The lowest BCUT2D eigenvalue weighted by atomic mass is 9.96. The molecule has 2 saturated carbocycles. The Hall–Kier alpha value is -2.50. The molecule has 144 valence electrons. The molecular formula is C21H28N4O2. The zero-order chi connectivity index (χ0) is 18.6. The van der Waals surface area contributed by atoms with Crippen LogP contribution in [0, 0.1) is 0 Å². The predicted molar refractivity (Wildman–Crippen MR) is 105 cm³/mol. The second-order valence-electron chi connectivity index (χ2n) is 7.85. The number of fused-ring (bicyclic) bond motifs is 1. The molecule has 0 bridgehead atoms. The van der Waals surface area contributed by atoms with Crippen molar-refractivity contribution < 1.29 is 9.59 Å². The largest absolute Gasteiger partial charge is 0.361 e. The normalized spacial score (nSPS) is 18.8. The Morgan fingerprint density at radius 2 is 1.74 bits per heavy atom. The lowest BCUT2D eigenvalue weighted by Gasteiger charge is -2.25. The Kier molecular flexibility index (Phi) is 5.32. The molecule has 3 amide bonds. The number of amides is 3. The summed E-state index contributed by atoms with van der Waals surface area (Å²) in [6.07, 6.45) is 10.1. The van der Waals surface area contributed by atoms with Gasteiger partial charge in [-0.25, -0.2) is 4.79 Å². The highest BCUT2D eigenvalue weighted by Crippen LogP contribution is 2.21. The van der Waals surface area contributed by atoms with E-state index in [1.165, 1.54) is 6.42 Å². The van der Waals surface area contributed by atoms with E-state index in [-0.39, 0.29) is 24.0 Å². The fourth-order valence-electron chi connectivity index (χ4n) is 3.89. The number of aromatic amines is 1. The van der Waals surface area contributed by atoms with Crippen LogP contribution in [0.4, 0.5) is 4.79 Å². The number of carbonyl (C=O) groups excluding carboxylic acids is 2. The van der Waals surface area contributed by atoms with E-state index >= 15 is 0 Å². The van der Waals surface area contributed by atoms with Crippen LogP contribution in [0.3, 0.4) is 0 Å². The molecule has 6 heteroatoms. The van der Waals surface area contributed by atoms with E-state index in [1.54, 1.807) is 0 Å². The van der Waals surface area contributed by atoms with Gasteiger partial charge in [0, 0.05) is 35.6 Å². The maximum absolute atomic E-state index is 12.7. The molecule has 6 nitrogen and oxygen atoms in total. The highest BCUT2D eigenvalue weighted by molar-refractivity contribution is 5.89. The Morgan fingerprint density at radius 3 is 2.52 bits per heavy atom. The van der Waals surface area contributed by atoms with Crippen molar-refractivity contribution in [1.29, 1.82) is 0 Å². The zero-order valence-electron chi connectivity index (χ0n) is 15.6. The third-order valence-electron chi connectivity index (χ3n) is 5.58. The highest BCUT2D eigenvalue weighted by atomic mass is 16.2. The number of para-hydroxylation sites is 1. The van der Waals surface area contributed by atoms with Crippen molar-refractivity contribution in [3.63, 3.8) is 0 Å². The van der Waals surface area contributed by atoms with Crippen LogP contribution in [0.2, 0.25) is 0 Å². The summed E-state index contributed by atoms with van der Waals surface area (Å²) in [5.74, 6) is -0.0958. The van der Waals surface area contributed by atoms with E-state index in [0.717, 1.165) is 55.0 Å². The number of aromatic nitrogens is 1. The molecule has 27 heavy (non-hydrogen) atoms. The van der Waals surface area contributed by atoms with Gasteiger partial charge in [0.05, 0.1) is 0 Å². The SMILES string of the molecule is O=C(NC1CCCCC1)N[C@@H](Cc1c[nH]c2ccccc12)C(=O)NC1CC1. The second kappa shape index (κ2) is 8.03. The van der Waals surface area contributed by atoms with Gasteiger partial charge in [-0.1, -0.05) is 37.5 Å². The summed E-state index contributed by atoms with van der Waals surface area (Å²) in [5.41, 5.74) is 2.08. The van der Waals surface area contributed by atoms with Gasteiger partial charge in [0.15, 0.2) is 0 Å². The first-order chi connectivity index (χ1) is 13.2. The van der Waals surface area contributed by atoms with E-state index in [0.29, 0.717) is 6.42 Å². The number of hydrogen-bond acceptors (Lipinski definition) is 2. The van der Waals surface area contributed by atoms with Crippen LogP contribution in [0.5, 0.6) is 0 Å². The van der Waals surface area contributed by atoms with E-state index in [2.05, 4.69) is 20.9 Å². The van der Waals surface area contributed by atoms with Gasteiger partial charge in [0.25, 0.3) is 0 Å². The predicted octanol–water partition coefficient (Wildman–Crippen LogP) is 2.99. The highest BCUT2D eigenvalue weighted by Gasteiger charge is 2.29. The minimum atomic E-state index is -0.576. The summed E-state index contributed by atoms with van der Waals surface area (Å²) < 4.78 is 0. The van der Waals surface area contributed by atoms with E-state index in [4.69, 9.17) is 0 Å². The molecule has 4 rings (SSSR count). The Balaban J connectivity index is 1.44. The molecule has 0 spiro atoms. The van der Waals surface area contributed by atoms with Crippen molar-refractivity contribution in [3.05, 3.63) is 36.0 Å². The average Bonchev–Trinajstić information content (AvgIpc) is 3.40. The van der Waals surface area contributed by atoms with Gasteiger partial charge in [0.1, 0.15) is 6.04 Å². The summed E-state index contributed by atoms with van der Waals surface area (Å²) in [5, 5.41) is 10.1. The standard InChI is InChI=1S/C21H28N4O2/c26-20(23-16-10-11-16)19(25-21(27)24-15-6-2-1-3-7-15)12-14-13-22-18-9-5-4-8-17(14)18/h4-5,8-9,13,15-16,19,22H,1-3,6-7,10-12H2,(H,23,26)(H2,24,25,27)/t19-/m0/s1. The molecule has 4 N–H and O–H groups in total. The van der Waals surface area contributed by atoms with Crippen molar-refractivity contribution >= 4 is 22.8 Å². The first-order valence-corrected chi connectivity index (χ1v) is 10.1. The number of nitrogens with one attached hydrogen (secondary N) is 4. The van der Waals surface area contributed by atoms with Crippen molar-refractivity contribution in [3.8, 4) is 0 Å². The molecule has 1 aromatic carbocycles. The van der Waals surface area contributed by atoms with Gasteiger partial charge in [-0.05, 0) is 37.3 Å². The topological polar surface area (TPSA) is 86.0 Å². The summed E-state index contributed by atoms with van der Waals surface area (Å²) in [6.45, 7) is 0. The molecule has 0 saturated heterocycles. The molecule has 0 aliphatic heterocycles. The van der Waals surface area contributed by atoms with Gasteiger partial charge in [-0.3, -0.25) is 4.79 Å². The third-order valence-corrected chi connectivity index (χ3v) is 5.58. The maximum atomic E-state index is 12.7. The lowest BCUT2D eigenvalue weighted by Crippen LogP contribution is -2.53. The Labute approximate surface area is 159 Å². The number of carbonyl (C=O) groups is 2. The lowest BCUT2D eigenvalue weighted by molar-refractivity contribution is -0.123. The maximum Gasteiger partial charge on any atom is 0.315 e. The average molecular weight is 368 g/mol. The molecule has 2 fully saturated rings. The Morgan fingerprint density at radius 1 is 1.00 bits per heavy atom. The van der Waals surface area contributed by atoms with Crippen molar-refractivity contribution in [1.82, 2.24) is 20.9 Å². The van der Waals surface area contributed by atoms with E-state index < -0.39 is 6.04 Å². The number of rotatable bonds is 6. The number of urea groups is 1. The van der Waals surface area contributed by atoms with Crippen LogP contribution in [-0.2, 0) is 11.2 Å². The first kappa shape index (κ1) is 17.9. The fraction of sp³-hybridized carbons (Fsp3) is 0.524. The van der Waals surface area contributed by atoms with Crippen LogP contribution in [0.25, 0.3) is 10.9 Å². The summed E-state index contributed by atoms with van der Waals surface area (Å²) in [7, 11) is 0.